The van der Waals surface area contributed by atoms with E-state index in [2.05, 4.69) is 4.98 Å². The molecule has 3 aliphatic heterocycles. The van der Waals surface area contributed by atoms with Crippen LogP contribution in [0.15, 0.2) is 73.1 Å². The third-order valence-electron chi connectivity index (χ3n) is 7.68. The summed E-state index contributed by atoms with van der Waals surface area (Å²) >= 11 is 0. The van der Waals surface area contributed by atoms with Crippen molar-refractivity contribution in [2.24, 2.45) is 5.92 Å². The summed E-state index contributed by atoms with van der Waals surface area (Å²) in [5.41, 5.74) is 1.84. The zero-order valence-corrected chi connectivity index (χ0v) is 20.0. The first-order valence-corrected chi connectivity index (χ1v) is 12.4. The monoisotopic (exact) mass is 491 g/mol. The van der Waals surface area contributed by atoms with E-state index in [9.17, 15) is 18.4 Å². The number of quaternary nitrogens is 1. The number of ketones is 1. The molecule has 3 aliphatic rings. The van der Waals surface area contributed by atoms with Crippen LogP contribution in [0, 0.1) is 17.6 Å². The lowest BCUT2D eigenvalue weighted by Crippen LogP contribution is -2.65. The number of carbonyl (C=O) groups is 2. The van der Waals surface area contributed by atoms with E-state index in [1.165, 1.54) is 24.3 Å². The van der Waals surface area contributed by atoms with Crippen molar-refractivity contribution < 1.29 is 27.6 Å². The highest BCUT2D eigenvalue weighted by Crippen LogP contribution is 2.37. The van der Waals surface area contributed by atoms with Gasteiger partial charge in [-0.2, -0.15) is 0 Å². The molecule has 3 aromatic rings. The SMILES string of the molecule is O=C(CC(c1cccc(F)c1)c1cccc(F)c1)O[C@H]1C[N+]2(CC(=O)c3ccncc3)CCC1CC2. The van der Waals surface area contributed by atoms with Crippen LogP contribution >= 0.6 is 0 Å². The maximum absolute atomic E-state index is 14.0. The first kappa shape index (κ1) is 24.3. The van der Waals surface area contributed by atoms with Crippen LogP contribution in [0.4, 0.5) is 8.78 Å². The number of carbonyl (C=O) groups excluding carboxylic acids is 2. The number of rotatable bonds is 8. The standard InChI is InChI=1S/C29H29F2N2O3/c30-24-5-1-3-22(15-24)26(23-4-2-6-25(31)16-23)17-29(35)36-28-19-33(13-9-21(28)10-14-33)18-27(34)20-7-11-32-12-8-20/h1-8,11-12,15-16,21,26,28H,9-10,13-14,17-19H2/q+1/t21?,28-,33?/m0/s1. The summed E-state index contributed by atoms with van der Waals surface area (Å²) in [6.07, 6.45) is 4.75. The Bertz CT molecular complexity index is 1200. The summed E-state index contributed by atoms with van der Waals surface area (Å²) in [7, 11) is 0. The Hall–Kier alpha value is -3.45. The highest BCUT2D eigenvalue weighted by Gasteiger charge is 2.48. The average Bonchev–Trinajstić information content (AvgIpc) is 2.88. The Labute approximate surface area is 209 Å². The highest BCUT2D eigenvalue weighted by molar-refractivity contribution is 5.96. The third kappa shape index (κ3) is 5.36. The zero-order chi connectivity index (χ0) is 25.1. The van der Waals surface area contributed by atoms with Crippen molar-refractivity contribution in [2.75, 3.05) is 26.2 Å². The smallest absolute Gasteiger partial charge is 0.307 e. The third-order valence-corrected chi connectivity index (χ3v) is 7.68. The number of aromatic nitrogens is 1. The minimum absolute atomic E-state index is 0.0218. The fraction of sp³-hybridized carbons (Fsp3) is 0.345. The largest absolute Gasteiger partial charge is 0.456 e. The van der Waals surface area contributed by atoms with Gasteiger partial charge in [-0.3, -0.25) is 14.6 Å². The molecule has 5 nitrogen and oxygen atoms in total. The Morgan fingerprint density at radius 1 is 0.944 bits per heavy atom. The van der Waals surface area contributed by atoms with Crippen molar-refractivity contribution in [2.45, 2.75) is 31.3 Å². The minimum Gasteiger partial charge on any atom is -0.456 e. The molecule has 0 unspecified atom stereocenters. The molecule has 7 heteroatoms. The average molecular weight is 492 g/mol. The van der Waals surface area contributed by atoms with Crippen LogP contribution < -0.4 is 0 Å². The number of nitrogens with zero attached hydrogens (tertiary/aromatic N) is 2. The van der Waals surface area contributed by atoms with Crippen molar-refractivity contribution in [3.63, 3.8) is 0 Å². The molecule has 4 heterocycles. The molecule has 2 aromatic carbocycles. The number of benzene rings is 2. The predicted octanol–water partition coefficient (Wildman–Crippen LogP) is 4.92. The summed E-state index contributed by atoms with van der Waals surface area (Å²) in [6.45, 7) is 2.77. The number of pyridine rings is 1. The van der Waals surface area contributed by atoms with Gasteiger partial charge >= 0.3 is 5.97 Å². The summed E-state index contributed by atoms with van der Waals surface area (Å²) in [6, 6.07) is 15.6. The Morgan fingerprint density at radius 2 is 1.56 bits per heavy atom. The van der Waals surface area contributed by atoms with Gasteiger partial charge in [0.05, 0.1) is 19.5 Å². The molecule has 0 aliphatic carbocycles. The van der Waals surface area contributed by atoms with Gasteiger partial charge in [-0.25, -0.2) is 8.78 Å². The van der Waals surface area contributed by atoms with Gasteiger partial charge in [0.1, 0.15) is 24.7 Å². The number of fused-ring (bicyclic) bond motifs is 3. The van der Waals surface area contributed by atoms with E-state index in [1.54, 1.807) is 48.8 Å². The number of hydrogen-bond donors (Lipinski definition) is 0. The first-order chi connectivity index (χ1) is 17.4. The summed E-state index contributed by atoms with van der Waals surface area (Å²) in [5, 5.41) is 0. The lowest BCUT2D eigenvalue weighted by molar-refractivity contribution is -0.938. The van der Waals surface area contributed by atoms with Gasteiger partial charge in [0.2, 0.25) is 5.78 Å². The lowest BCUT2D eigenvalue weighted by Gasteiger charge is -2.51. The number of Topliss-reactive ketones (excluding diaryl/α,β-unsaturated/α-hetero) is 1. The van der Waals surface area contributed by atoms with Gasteiger partial charge in [-0.05, 0) is 47.5 Å². The van der Waals surface area contributed by atoms with E-state index in [-0.39, 0.29) is 24.2 Å². The van der Waals surface area contributed by atoms with Crippen LogP contribution in [0.5, 0.6) is 0 Å². The summed E-state index contributed by atoms with van der Waals surface area (Å²) in [4.78, 5) is 30.1. The van der Waals surface area contributed by atoms with Gasteiger partial charge in [0.15, 0.2) is 6.10 Å². The van der Waals surface area contributed by atoms with Crippen LogP contribution in [0.2, 0.25) is 0 Å². The molecule has 2 bridgehead atoms. The molecule has 1 aromatic heterocycles. The molecule has 3 fully saturated rings. The van der Waals surface area contributed by atoms with Crippen LogP contribution in [-0.4, -0.2) is 53.5 Å². The number of halogens is 2. The van der Waals surface area contributed by atoms with Crippen LogP contribution in [0.25, 0.3) is 0 Å². The Kier molecular flexibility index (Phi) is 6.92. The second kappa shape index (κ2) is 10.3. The molecule has 0 radical (unpaired) electrons. The lowest BCUT2D eigenvalue weighted by atomic mass is 9.82. The summed E-state index contributed by atoms with van der Waals surface area (Å²) < 4.78 is 34.6. The van der Waals surface area contributed by atoms with Crippen LogP contribution in [0.1, 0.15) is 46.7 Å². The van der Waals surface area contributed by atoms with E-state index in [0.29, 0.717) is 34.3 Å². The molecule has 0 spiro atoms. The summed E-state index contributed by atoms with van der Waals surface area (Å²) in [5.74, 6) is -1.41. The maximum atomic E-state index is 14.0. The van der Waals surface area contributed by atoms with E-state index in [1.807, 2.05) is 0 Å². The van der Waals surface area contributed by atoms with E-state index < -0.39 is 23.5 Å². The van der Waals surface area contributed by atoms with E-state index >= 15 is 0 Å². The molecule has 0 N–H and O–H groups in total. The number of esters is 1. The van der Waals surface area contributed by atoms with Crippen LogP contribution in [0.3, 0.4) is 0 Å². The Balaban J connectivity index is 1.30. The minimum atomic E-state index is -0.526. The van der Waals surface area contributed by atoms with Gasteiger partial charge in [-0.15, -0.1) is 0 Å². The molecular weight excluding hydrogens is 462 g/mol. The van der Waals surface area contributed by atoms with Crippen molar-refractivity contribution in [1.82, 2.24) is 4.98 Å². The Morgan fingerprint density at radius 3 is 2.14 bits per heavy atom. The first-order valence-electron chi connectivity index (χ1n) is 12.4. The van der Waals surface area contributed by atoms with Crippen molar-refractivity contribution in [3.05, 3.63) is 101 Å². The molecular formula is C29H29F2N2O3+. The number of hydrogen-bond acceptors (Lipinski definition) is 4. The molecule has 3 saturated heterocycles. The van der Waals surface area contributed by atoms with Crippen LogP contribution in [-0.2, 0) is 9.53 Å². The molecule has 186 valence electrons. The highest BCUT2D eigenvalue weighted by atomic mass is 19.1. The van der Waals surface area contributed by atoms with Crippen molar-refractivity contribution in [3.8, 4) is 0 Å². The number of piperidine rings is 3. The molecule has 0 amide bonds. The fourth-order valence-electron chi connectivity index (χ4n) is 5.77. The van der Waals surface area contributed by atoms with Gasteiger partial charge in [0, 0.05) is 42.6 Å². The molecule has 36 heavy (non-hydrogen) atoms. The van der Waals surface area contributed by atoms with Gasteiger partial charge < -0.3 is 9.22 Å². The predicted molar refractivity (Wildman–Crippen MR) is 130 cm³/mol. The molecule has 1 atom stereocenters. The topological polar surface area (TPSA) is 56.3 Å². The second-order valence-electron chi connectivity index (χ2n) is 10.0. The maximum Gasteiger partial charge on any atom is 0.307 e. The van der Waals surface area contributed by atoms with Crippen molar-refractivity contribution in [1.29, 1.82) is 0 Å². The van der Waals surface area contributed by atoms with Crippen molar-refractivity contribution >= 4 is 11.8 Å². The molecule has 6 rings (SSSR count). The van der Waals surface area contributed by atoms with Gasteiger partial charge in [-0.1, -0.05) is 24.3 Å². The quantitative estimate of drug-likeness (QED) is 0.255. The normalized spacial score (nSPS) is 23.0. The molecule has 0 saturated carbocycles. The van der Waals surface area contributed by atoms with E-state index in [0.717, 1.165) is 25.9 Å². The van der Waals surface area contributed by atoms with Gasteiger partial charge in [0.25, 0.3) is 0 Å². The fourth-order valence-corrected chi connectivity index (χ4v) is 5.77. The van der Waals surface area contributed by atoms with E-state index in [4.69, 9.17) is 4.74 Å². The number of ether oxygens (including phenoxy) is 1. The second-order valence-corrected chi connectivity index (χ2v) is 10.0. The zero-order valence-electron chi connectivity index (χ0n) is 20.0.